The fraction of sp³-hybridized carbons (Fsp3) is 0.944. The zero-order valence-corrected chi connectivity index (χ0v) is 14.4. The second-order valence-corrected chi connectivity index (χ2v) is 8.74. The molecule has 0 spiro atoms. The minimum Gasteiger partial charge on any atom is -0.336 e. The zero-order chi connectivity index (χ0) is 15.4. The first-order valence-corrected chi connectivity index (χ1v) is 8.89. The molecule has 2 bridgehead atoms. The lowest BCUT2D eigenvalue weighted by Crippen LogP contribution is -2.56. The summed E-state index contributed by atoms with van der Waals surface area (Å²) in [5.41, 5.74) is -0.239. The van der Waals surface area contributed by atoms with E-state index >= 15 is 0 Å². The van der Waals surface area contributed by atoms with Gasteiger partial charge in [-0.25, -0.2) is 0 Å². The van der Waals surface area contributed by atoms with Crippen LogP contribution in [-0.4, -0.2) is 45.9 Å². The normalized spacial score (nSPS) is 33.5. The van der Waals surface area contributed by atoms with Gasteiger partial charge in [-0.2, -0.15) is 0 Å². The Morgan fingerprint density at radius 2 is 1.52 bits per heavy atom. The number of rotatable bonds is 3. The molecule has 1 amide bonds. The Balaban J connectivity index is 1.76. The van der Waals surface area contributed by atoms with Gasteiger partial charge in [0.25, 0.3) is 0 Å². The van der Waals surface area contributed by atoms with Crippen molar-refractivity contribution in [3.8, 4) is 0 Å². The molecule has 3 nitrogen and oxygen atoms in total. The van der Waals surface area contributed by atoms with Gasteiger partial charge < -0.3 is 4.90 Å². The summed E-state index contributed by atoms with van der Waals surface area (Å²) < 4.78 is 0. The van der Waals surface area contributed by atoms with Crippen molar-refractivity contribution in [1.29, 1.82) is 0 Å². The molecule has 2 aliphatic heterocycles. The van der Waals surface area contributed by atoms with Crippen LogP contribution in [0, 0.1) is 5.41 Å². The largest absolute Gasteiger partial charge is 0.336 e. The number of hydrogen-bond acceptors (Lipinski definition) is 2. The molecule has 120 valence electrons. The van der Waals surface area contributed by atoms with Gasteiger partial charge in [-0.15, -0.1) is 0 Å². The van der Waals surface area contributed by atoms with Gasteiger partial charge >= 0.3 is 0 Å². The van der Waals surface area contributed by atoms with Crippen molar-refractivity contribution in [2.45, 2.75) is 103 Å². The SMILES string of the molecule is CC(C)N1C2CCC1CC(N(C(=O)C(C)(C)C)C1CC1)C2. The topological polar surface area (TPSA) is 23.6 Å². The van der Waals surface area contributed by atoms with Gasteiger partial charge in [-0.05, 0) is 52.4 Å². The van der Waals surface area contributed by atoms with Gasteiger partial charge in [0.15, 0.2) is 0 Å². The number of carbonyl (C=O) groups is 1. The molecular formula is C18H32N2O. The molecular weight excluding hydrogens is 260 g/mol. The molecule has 3 aliphatic rings. The van der Waals surface area contributed by atoms with E-state index in [0.717, 1.165) is 0 Å². The summed E-state index contributed by atoms with van der Waals surface area (Å²) in [6.07, 6.45) is 7.52. The molecule has 1 saturated carbocycles. The lowest BCUT2D eigenvalue weighted by Gasteiger charge is -2.46. The van der Waals surface area contributed by atoms with Crippen LogP contribution in [0.3, 0.4) is 0 Å². The van der Waals surface area contributed by atoms with Crippen molar-refractivity contribution in [1.82, 2.24) is 9.80 Å². The maximum Gasteiger partial charge on any atom is 0.228 e. The number of piperidine rings is 1. The van der Waals surface area contributed by atoms with Crippen LogP contribution in [0.25, 0.3) is 0 Å². The van der Waals surface area contributed by atoms with Crippen molar-refractivity contribution in [2.75, 3.05) is 0 Å². The van der Waals surface area contributed by atoms with Crippen LogP contribution < -0.4 is 0 Å². The maximum atomic E-state index is 12.9. The molecule has 0 radical (unpaired) electrons. The van der Waals surface area contributed by atoms with E-state index in [1.54, 1.807) is 0 Å². The van der Waals surface area contributed by atoms with Gasteiger partial charge in [0.2, 0.25) is 5.91 Å². The van der Waals surface area contributed by atoms with Crippen LogP contribution in [0.5, 0.6) is 0 Å². The quantitative estimate of drug-likeness (QED) is 0.795. The van der Waals surface area contributed by atoms with E-state index in [4.69, 9.17) is 0 Å². The van der Waals surface area contributed by atoms with Crippen molar-refractivity contribution >= 4 is 5.91 Å². The third kappa shape index (κ3) is 2.86. The standard InChI is InChI=1S/C18H32N2O/c1-12(2)19-14-8-9-15(19)11-16(10-14)20(13-6-7-13)17(21)18(3,4)5/h12-16H,6-11H2,1-5H3. The second-order valence-electron chi connectivity index (χ2n) is 8.74. The predicted octanol–water partition coefficient (Wildman–Crippen LogP) is 3.43. The number of hydrogen-bond donors (Lipinski definition) is 0. The zero-order valence-electron chi connectivity index (χ0n) is 14.4. The molecule has 2 heterocycles. The van der Waals surface area contributed by atoms with E-state index in [1.807, 2.05) is 0 Å². The summed E-state index contributed by atoms with van der Waals surface area (Å²) in [4.78, 5) is 17.9. The summed E-state index contributed by atoms with van der Waals surface area (Å²) in [5, 5.41) is 0. The lowest BCUT2D eigenvalue weighted by molar-refractivity contribution is -0.144. The summed E-state index contributed by atoms with van der Waals surface area (Å²) in [5.74, 6) is 0.382. The van der Waals surface area contributed by atoms with Crippen molar-refractivity contribution in [3.63, 3.8) is 0 Å². The third-order valence-corrected chi connectivity index (χ3v) is 5.57. The molecule has 0 aromatic rings. The first-order chi connectivity index (χ1) is 9.79. The van der Waals surface area contributed by atoms with E-state index in [9.17, 15) is 4.79 Å². The van der Waals surface area contributed by atoms with Gasteiger partial charge in [-0.3, -0.25) is 9.69 Å². The van der Waals surface area contributed by atoms with Gasteiger partial charge in [0, 0.05) is 35.6 Å². The average molecular weight is 292 g/mol. The highest BCUT2D eigenvalue weighted by molar-refractivity contribution is 5.82. The van der Waals surface area contributed by atoms with Crippen molar-refractivity contribution in [3.05, 3.63) is 0 Å². The lowest BCUT2D eigenvalue weighted by atomic mass is 9.89. The highest BCUT2D eigenvalue weighted by atomic mass is 16.2. The molecule has 2 unspecified atom stereocenters. The molecule has 1 aliphatic carbocycles. The molecule has 3 fully saturated rings. The van der Waals surface area contributed by atoms with Crippen LogP contribution in [0.4, 0.5) is 0 Å². The molecule has 3 heteroatoms. The predicted molar refractivity (Wildman–Crippen MR) is 86.1 cm³/mol. The summed E-state index contributed by atoms with van der Waals surface area (Å²) in [7, 11) is 0. The number of carbonyl (C=O) groups excluding carboxylic acids is 1. The van der Waals surface area contributed by atoms with E-state index in [2.05, 4.69) is 44.4 Å². The number of amides is 1. The van der Waals surface area contributed by atoms with Crippen LogP contribution in [0.1, 0.15) is 73.1 Å². The molecule has 0 N–H and O–H groups in total. The molecule has 3 rings (SSSR count). The number of nitrogens with zero attached hydrogens (tertiary/aromatic N) is 2. The van der Waals surface area contributed by atoms with Gasteiger partial charge in [0.05, 0.1) is 0 Å². The first kappa shape index (κ1) is 15.3. The van der Waals surface area contributed by atoms with E-state index < -0.39 is 0 Å². The Morgan fingerprint density at radius 1 is 1.00 bits per heavy atom. The van der Waals surface area contributed by atoms with Crippen molar-refractivity contribution < 1.29 is 4.79 Å². The van der Waals surface area contributed by atoms with Gasteiger partial charge in [0.1, 0.15) is 0 Å². The summed E-state index contributed by atoms with van der Waals surface area (Å²) >= 11 is 0. The Bertz CT molecular complexity index is 394. The Labute approximate surface area is 130 Å². The Kier molecular flexibility index (Phi) is 3.84. The second kappa shape index (κ2) is 5.26. The first-order valence-electron chi connectivity index (χ1n) is 8.89. The fourth-order valence-corrected chi connectivity index (χ4v) is 4.62. The number of fused-ring (bicyclic) bond motifs is 2. The minimum absolute atomic E-state index is 0.239. The molecule has 2 saturated heterocycles. The van der Waals surface area contributed by atoms with E-state index in [1.165, 1.54) is 38.5 Å². The van der Waals surface area contributed by atoms with Crippen LogP contribution in [-0.2, 0) is 4.79 Å². The van der Waals surface area contributed by atoms with Crippen LogP contribution in [0.15, 0.2) is 0 Å². The highest BCUT2D eigenvalue weighted by Gasteiger charge is 2.48. The highest BCUT2D eigenvalue weighted by Crippen LogP contribution is 2.43. The monoisotopic (exact) mass is 292 g/mol. The molecule has 0 aromatic carbocycles. The Hall–Kier alpha value is -0.570. The smallest absolute Gasteiger partial charge is 0.228 e. The van der Waals surface area contributed by atoms with Crippen LogP contribution in [0.2, 0.25) is 0 Å². The average Bonchev–Trinajstić information content (AvgIpc) is 3.15. The molecule has 21 heavy (non-hydrogen) atoms. The summed E-state index contributed by atoms with van der Waals surface area (Å²) in [6, 6.07) is 3.12. The molecule has 2 atom stereocenters. The van der Waals surface area contributed by atoms with Crippen molar-refractivity contribution in [2.24, 2.45) is 5.41 Å². The minimum atomic E-state index is -0.239. The van der Waals surface area contributed by atoms with Crippen LogP contribution >= 0.6 is 0 Å². The Morgan fingerprint density at radius 3 is 1.90 bits per heavy atom. The fourth-order valence-electron chi connectivity index (χ4n) is 4.62. The summed E-state index contributed by atoms with van der Waals surface area (Å²) in [6.45, 7) is 10.9. The molecule has 0 aromatic heterocycles. The van der Waals surface area contributed by atoms with E-state index in [0.29, 0.717) is 36.1 Å². The van der Waals surface area contributed by atoms with Gasteiger partial charge in [-0.1, -0.05) is 20.8 Å². The van der Waals surface area contributed by atoms with E-state index in [-0.39, 0.29) is 5.41 Å². The third-order valence-electron chi connectivity index (χ3n) is 5.57. The maximum absolute atomic E-state index is 12.9.